The minimum Gasteiger partial charge on any atom is -0.356 e. The van der Waals surface area contributed by atoms with E-state index < -0.39 is 0 Å². The van der Waals surface area contributed by atoms with Crippen LogP contribution in [0.2, 0.25) is 0 Å². The molecule has 2 nitrogen and oxygen atoms in total. The fraction of sp³-hybridized carbons (Fsp3) is 0.167. The molecule has 2 aromatic carbocycles. The van der Waals surface area contributed by atoms with Gasteiger partial charge in [-0.25, -0.2) is 0 Å². The minimum absolute atomic E-state index is 0.0653. The highest BCUT2D eigenvalue weighted by Crippen LogP contribution is 2.24. The summed E-state index contributed by atoms with van der Waals surface area (Å²) in [6.07, 6.45) is 0. The van der Waals surface area contributed by atoms with Gasteiger partial charge in [0.15, 0.2) is 0 Å². The topological polar surface area (TPSA) is 32.9 Å². The molecular weight excluding hydrogens is 246 g/mol. The maximum atomic E-state index is 12.8. The molecule has 100 valence electrons. The van der Waals surface area contributed by atoms with Crippen LogP contribution in [0.3, 0.4) is 0 Å². The summed E-state index contributed by atoms with van der Waals surface area (Å²) in [6, 6.07) is 13.9. The zero-order chi connectivity index (χ0) is 14.3. The number of aromatic amines is 1. The number of hydrogen-bond acceptors (Lipinski definition) is 1. The van der Waals surface area contributed by atoms with Gasteiger partial charge in [-0.15, -0.1) is 0 Å². The number of aromatic nitrogens is 1. The van der Waals surface area contributed by atoms with Crippen molar-refractivity contribution in [1.29, 1.82) is 0 Å². The summed E-state index contributed by atoms with van der Waals surface area (Å²) < 4.78 is 0. The number of benzene rings is 2. The first-order chi connectivity index (χ1) is 9.59. The van der Waals surface area contributed by atoms with Gasteiger partial charge in [0.2, 0.25) is 5.78 Å². The van der Waals surface area contributed by atoms with Gasteiger partial charge in [-0.05, 0) is 42.7 Å². The van der Waals surface area contributed by atoms with Gasteiger partial charge in [-0.2, -0.15) is 0 Å². The number of aryl methyl sites for hydroxylation is 1. The summed E-state index contributed by atoms with van der Waals surface area (Å²) in [4.78, 5) is 16.0. The predicted octanol–water partition coefficient (Wildman–Crippen LogP) is 4.32. The van der Waals surface area contributed by atoms with E-state index in [1.54, 1.807) is 0 Å². The fourth-order valence-electron chi connectivity index (χ4n) is 2.63. The average molecular weight is 263 g/mol. The molecule has 0 radical (unpaired) electrons. The van der Waals surface area contributed by atoms with Gasteiger partial charge in [-0.1, -0.05) is 42.5 Å². The van der Waals surface area contributed by atoms with E-state index in [-0.39, 0.29) is 5.78 Å². The maximum absolute atomic E-state index is 12.8. The highest BCUT2D eigenvalue weighted by Gasteiger charge is 2.18. The molecular formula is C18H17NO. The Morgan fingerprint density at radius 1 is 0.900 bits per heavy atom. The number of hydrogen-bond donors (Lipinski definition) is 1. The molecule has 0 aliphatic carbocycles. The Balaban J connectivity index is 2.20. The van der Waals surface area contributed by atoms with Crippen LogP contribution >= 0.6 is 0 Å². The molecule has 0 saturated heterocycles. The Morgan fingerprint density at radius 2 is 1.60 bits per heavy atom. The third-order valence-corrected chi connectivity index (χ3v) is 4.07. The van der Waals surface area contributed by atoms with Gasteiger partial charge in [0, 0.05) is 11.3 Å². The Bertz CT molecular complexity index is 806. The average Bonchev–Trinajstić information content (AvgIpc) is 2.73. The molecule has 0 saturated carbocycles. The van der Waals surface area contributed by atoms with E-state index in [1.165, 1.54) is 0 Å². The van der Waals surface area contributed by atoms with Gasteiger partial charge in [0.25, 0.3) is 0 Å². The summed E-state index contributed by atoms with van der Waals surface area (Å²) in [6.45, 7) is 6.04. The molecule has 0 aliphatic heterocycles. The van der Waals surface area contributed by atoms with E-state index in [1.807, 2.05) is 63.2 Å². The highest BCUT2D eigenvalue weighted by atomic mass is 16.1. The van der Waals surface area contributed by atoms with E-state index in [0.29, 0.717) is 5.69 Å². The zero-order valence-electron chi connectivity index (χ0n) is 11.9. The third kappa shape index (κ3) is 1.85. The molecule has 0 aliphatic rings. The highest BCUT2D eigenvalue weighted by molar-refractivity contribution is 6.16. The SMILES string of the molecule is Cc1[nH]c(C(=O)c2cccc3ccccc23)c(C)c1C. The van der Waals surface area contributed by atoms with Crippen molar-refractivity contribution in [2.75, 3.05) is 0 Å². The van der Waals surface area contributed by atoms with Crippen LogP contribution in [0.25, 0.3) is 10.8 Å². The van der Waals surface area contributed by atoms with E-state index in [9.17, 15) is 4.79 Å². The maximum Gasteiger partial charge on any atom is 0.210 e. The second-order valence-electron chi connectivity index (χ2n) is 5.23. The third-order valence-electron chi connectivity index (χ3n) is 4.07. The van der Waals surface area contributed by atoms with Crippen LogP contribution in [-0.2, 0) is 0 Å². The molecule has 1 aromatic heterocycles. The van der Waals surface area contributed by atoms with Crippen molar-refractivity contribution in [2.24, 2.45) is 0 Å². The molecule has 0 atom stereocenters. The number of ketones is 1. The molecule has 0 amide bonds. The van der Waals surface area contributed by atoms with Gasteiger partial charge in [0.1, 0.15) is 0 Å². The van der Waals surface area contributed by atoms with Crippen molar-refractivity contribution in [1.82, 2.24) is 4.98 Å². The van der Waals surface area contributed by atoms with Gasteiger partial charge in [-0.3, -0.25) is 4.79 Å². The summed E-state index contributed by atoms with van der Waals surface area (Å²) >= 11 is 0. The number of carbonyl (C=O) groups is 1. The lowest BCUT2D eigenvalue weighted by Crippen LogP contribution is -2.04. The normalized spacial score (nSPS) is 10.9. The van der Waals surface area contributed by atoms with E-state index in [2.05, 4.69) is 4.98 Å². The van der Waals surface area contributed by atoms with Crippen LogP contribution in [0, 0.1) is 20.8 Å². The van der Waals surface area contributed by atoms with Crippen LogP contribution in [0.4, 0.5) is 0 Å². The molecule has 3 aromatic rings. The van der Waals surface area contributed by atoms with Crippen LogP contribution < -0.4 is 0 Å². The van der Waals surface area contributed by atoms with Crippen molar-refractivity contribution in [3.63, 3.8) is 0 Å². The summed E-state index contributed by atoms with van der Waals surface area (Å²) in [5, 5.41) is 2.10. The minimum atomic E-state index is 0.0653. The Morgan fingerprint density at radius 3 is 2.30 bits per heavy atom. The molecule has 20 heavy (non-hydrogen) atoms. The largest absolute Gasteiger partial charge is 0.356 e. The predicted molar refractivity (Wildman–Crippen MR) is 82.4 cm³/mol. The van der Waals surface area contributed by atoms with Crippen molar-refractivity contribution in [2.45, 2.75) is 20.8 Å². The summed E-state index contributed by atoms with van der Waals surface area (Å²) in [5.74, 6) is 0.0653. The molecule has 1 heterocycles. The standard InChI is InChI=1S/C18H17NO/c1-11-12(2)17(19-13(11)3)18(20)16-10-6-8-14-7-4-5-9-15(14)16/h4-10,19H,1-3H3. The van der Waals surface area contributed by atoms with Crippen molar-refractivity contribution >= 4 is 16.6 Å². The van der Waals surface area contributed by atoms with Crippen LogP contribution in [0.1, 0.15) is 32.9 Å². The molecule has 0 fully saturated rings. The second-order valence-corrected chi connectivity index (χ2v) is 5.23. The van der Waals surface area contributed by atoms with Gasteiger partial charge in [0.05, 0.1) is 5.69 Å². The molecule has 2 heteroatoms. The van der Waals surface area contributed by atoms with Crippen molar-refractivity contribution in [3.8, 4) is 0 Å². The number of nitrogens with one attached hydrogen (secondary N) is 1. The second kappa shape index (κ2) is 4.64. The molecule has 0 bridgehead atoms. The smallest absolute Gasteiger partial charge is 0.210 e. The van der Waals surface area contributed by atoms with E-state index >= 15 is 0 Å². The van der Waals surface area contributed by atoms with Gasteiger partial charge < -0.3 is 4.98 Å². The number of rotatable bonds is 2. The number of carbonyl (C=O) groups excluding carboxylic acids is 1. The van der Waals surface area contributed by atoms with Crippen molar-refractivity contribution in [3.05, 3.63) is 70.5 Å². The first kappa shape index (κ1) is 12.7. The lowest BCUT2D eigenvalue weighted by atomic mass is 9.98. The first-order valence-corrected chi connectivity index (χ1v) is 6.78. The summed E-state index contributed by atoms with van der Waals surface area (Å²) in [5.41, 5.74) is 4.73. The van der Waals surface area contributed by atoms with Crippen LogP contribution in [-0.4, -0.2) is 10.8 Å². The van der Waals surface area contributed by atoms with E-state index in [0.717, 1.165) is 33.2 Å². The summed E-state index contributed by atoms with van der Waals surface area (Å²) in [7, 11) is 0. The monoisotopic (exact) mass is 263 g/mol. The molecule has 1 N–H and O–H groups in total. The van der Waals surface area contributed by atoms with Gasteiger partial charge >= 0.3 is 0 Å². The Labute approximate surface area is 118 Å². The lowest BCUT2D eigenvalue weighted by Gasteiger charge is -2.05. The Hall–Kier alpha value is -2.35. The van der Waals surface area contributed by atoms with Crippen molar-refractivity contribution < 1.29 is 4.79 Å². The fourth-order valence-corrected chi connectivity index (χ4v) is 2.63. The lowest BCUT2D eigenvalue weighted by molar-refractivity contribution is 0.103. The molecule has 3 rings (SSSR count). The van der Waals surface area contributed by atoms with E-state index in [4.69, 9.17) is 0 Å². The number of fused-ring (bicyclic) bond motifs is 1. The molecule has 0 spiro atoms. The number of H-pyrrole nitrogens is 1. The van der Waals surface area contributed by atoms with Crippen LogP contribution in [0.15, 0.2) is 42.5 Å². The zero-order valence-corrected chi connectivity index (χ0v) is 11.9. The Kier molecular flexibility index (Phi) is 2.94. The quantitative estimate of drug-likeness (QED) is 0.686. The molecule has 0 unspecified atom stereocenters. The van der Waals surface area contributed by atoms with Crippen LogP contribution in [0.5, 0.6) is 0 Å². The first-order valence-electron chi connectivity index (χ1n) is 6.78.